The van der Waals surface area contributed by atoms with Gasteiger partial charge in [0, 0.05) is 23.7 Å². The molecule has 3 amide bonds. The van der Waals surface area contributed by atoms with Gasteiger partial charge in [-0.3, -0.25) is 14.4 Å². The van der Waals surface area contributed by atoms with Gasteiger partial charge in [-0.15, -0.1) is 0 Å². The molecule has 172 valence electrons. The number of amides is 3. The maximum atomic E-state index is 13.2. The summed E-state index contributed by atoms with van der Waals surface area (Å²) in [6.45, 7) is 1.61. The molecule has 8 heteroatoms. The van der Waals surface area contributed by atoms with Crippen LogP contribution >= 0.6 is 0 Å². The zero-order valence-electron chi connectivity index (χ0n) is 18.8. The predicted molar refractivity (Wildman–Crippen MR) is 129 cm³/mol. The van der Waals surface area contributed by atoms with Crippen molar-refractivity contribution in [3.05, 3.63) is 95.6 Å². The van der Waals surface area contributed by atoms with E-state index in [-0.39, 0.29) is 0 Å². The van der Waals surface area contributed by atoms with Crippen LogP contribution in [0, 0.1) is 0 Å². The highest BCUT2D eigenvalue weighted by atomic mass is 16.5. The van der Waals surface area contributed by atoms with Gasteiger partial charge in [-0.2, -0.15) is 0 Å². The van der Waals surface area contributed by atoms with Crippen LogP contribution in [-0.4, -0.2) is 42.8 Å². The fraction of sp³-hybridized carbons (Fsp3) is 0.154. The zero-order chi connectivity index (χ0) is 24.2. The maximum absolute atomic E-state index is 13.2. The van der Waals surface area contributed by atoms with Gasteiger partial charge in [0.15, 0.2) is 6.10 Å². The summed E-state index contributed by atoms with van der Waals surface area (Å²) in [5.41, 5.74) is 8.27. The van der Waals surface area contributed by atoms with Crippen LogP contribution in [0.5, 0.6) is 5.75 Å². The molecule has 2 atom stereocenters. The van der Waals surface area contributed by atoms with Crippen LogP contribution in [-0.2, 0) is 9.59 Å². The fourth-order valence-electron chi connectivity index (χ4n) is 3.65. The number of carbonyl (C=O) groups excluding carboxylic acids is 3. The minimum absolute atomic E-state index is 0.358. The summed E-state index contributed by atoms with van der Waals surface area (Å²) < 4.78 is 5.69. The fourth-order valence-corrected chi connectivity index (χ4v) is 3.65. The number of benzodiazepines with no additional fused rings is 1. The molecule has 3 N–H and O–H groups in total. The standard InChI is InChI=1S/C26H24N4O4/c1-16(34-19-8-4-3-5-9-19)25(32)29-24-26(33)30(2)21-11-7-6-10-20(21)22(28-24)17-12-14-18(15-13-17)23(27)31/h3-16,24H,1-2H3,(H2,27,31)(H,29,32). The molecule has 1 heterocycles. The highest BCUT2D eigenvalue weighted by Crippen LogP contribution is 2.27. The van der Waals surface area contributed by atoms with Crippen LogP contribution in [0.2, 0.25) is 0 Å². The van der Waals surface area contributed by atoms with Crippen molar-refractivity contribution in [1.29, 1.82) is 0 Å². The number of para-hydroxylation sites is 2. The molecule has 1 aliphatic rings. The highest BCUT2D eigenvalue weighted by molar-refractivity contribution is 6.20. The van der Waals surface area contributed by atoms with E-state index in [1.54, 1.807) is 62.5 Å². The Morgan fingerprint density at radius 2 is 1.65 bits per heavy atom. The highest BCUT2D eigenvalue weighted by Gasteiger charge is 2.32. The van der Waals surface area contributed by atoms with Gasteiger partial charge in [0.25, 0.3) is 11.8 Å². The number of nitrogens with one attached hydrogen (secondary N) is 1. The lowest BCUT2D eigenvalue weighted by Crippen LogP contribution is -2.49. The largest absolute Gasteiger partial charge is 0.481 e. The lowest BCUT2D eigenvalue weighted by atomic mass is 9.99. The van der Waals surface area contributed by atoms with Crippen molar-refractivity contribution in [1.82, 2.24) is 5.32 Å². The number of carbonyl (C=O) groups is 3. The molecule has 0 saturated heterocycles. The molecule has 34 heavy (non-hydrogen) atoms. The van der Waals surface area contributed by atoms with Gasteiger partial charge in [0.2, 0.25) is 12.1 Å². The summed E-state index contributed by atoms with van der Waals surface area (Å²) in [6.07, 6.45) is -2.02. The van der Waals surface area contributed by atoms with E-state index in [0.717, 1.165) is 5.56 Å². The molecule has 0 aromatic heterocycles. The van der Waals surface area contributed by atoms with Gasteiger partial charge in [0.05, 0.1) is 11.4 Å². The molecule has 0 saturated carbocycles. The molecule has 0 fully saturated rings. The number of rotatable bonds is 6. The Morgan fingerprint density at radius 1 is 1.00 bits per heavy atom. The van der Waals surface area contributed by atoms with Gasteiger partial charge in [-0.1, -0.05) is 48.5 Å². The molecule has 4 rings (SSSR count). The molecule has 3 aromatic rings. The van der Waals surface area contributed by atoms with Crippen LogP contribution < -0.4 is 20.7 Å². The quantitative estimate of drug-likeness (QED) is 0.593. The number of likely N-dealkylation sites (N-methyl/N-ethyl adjacent to an activating group) is 1. The first-order chi connectivity index (χ1) is 16.3. The topological polar surface area (TPSA) is 114 Å². The molecule has 2 unspecified atom stereocenters. The molecular weight excluding hydrogens is 432 g/mol. The SMILES string of the molecule is CC(Oc1ccccc1)C(=O)NC1N=C(c2ccc(C(N)=O)cc2)c2ccccc2N(C)C1=O. The minimum atomic E-state index is -1.17. The maximum Gasteiger partial charge on any atom is 0.272 e. The van der Waals surface area contributed by atoms with Crippen LogP contribution in [0.15, 0.2) is 83.9 Å². The number of nitrogens with zero attached hydrogens (tertiary/aromatic N) is 2. The summed E-state index contributed by atoms with van der Waals surface area (Å²) in [7, 11) is 1.64. The average Bonchev–Trinajstić information content (AvgIpc) is 2.95. The number of fused-ring (bicyclic) bond motifs is 1. The van der Waals surface area contributed by atoms with E-state index >= 15 is 0 Å². The lowest BCUT2D eigenvalue weighted by Gasteiger charge is -2.22. The Bertz CT molecular complexity index is 1260. The molecular formula is C26H24N4O4. The van der Waals surface area contributed by atoms with Crippen LogP contribution in [0.4, 0.5) is 5.69 Å². The van der Waals surface area contributed by atoms with Crippen molar-refractivity contribution >= 4 is 29.1 Å². The van der Waals surface area contributed by atoms with Gasteiger partial charge in [-0.25, -0.2) is 4.99 Å². The lowest BCUT2D eigenvalue weighted by molar-refractivity contribution is -0.131. The van der Waals surface area contributed by atoms with Crippen LogP contribution in [0.25, 0.3) is 0 Å². The number of hydrogen-bond donors (Lipinski definition) is 2. The van der Waals surface area contributed by atoms with E-state index in [2.05, 4.69) is 10.3 Å². The number of hydrogen-bond acceptors (Lipinski definition) is 5. The van der Waals surface area contributed by atoms with Crippen LogP contribution in [0.3, 0.4) is 0 Å². The van der Waals surface area contributed by atoms with Crippen molar-refractivity contribution in [3.63, 3.8) is 0 Å². The molecule has 0 radical (unpaired) electrons. The Hall–Kier alpha value is -4.46. The van der Waals surface area contributed by atoms with Crippen molar-refractivity contribution in [2.45, 2.75) is 19.2 Å². The first kappa shape index (κ1) is 22.7. The second-order valence-electron chi connectivity index (χ2n) is 7.82. The van der Waals surface area contributed by atoms with Crippen molar-refractivity contribution < 1.29 is 19.1 Å². The Labute approximate surface area is 197 Å². The predicted octanol–water partition coefficient (Wildman–Crippen LogP) is 2.51. The Morgan fingerprint density at radius 3 is 2.32 bits per heavy atom. The first-order valence-corrected chi connectivity index (χ1v) is 10.7. The smallest absolute Gasteiger partial charge is 0.272 e. The molecule has 8 nitrogen and oxygen atoms in total. The van der Waals surface area contributed by atoms with Gasteiger partial charge in [-0.05, 0) is 37.3 Å². The second kappa shape index (κ2) is 9.58. The number of ether oxygens (including phenoxy) is 1. The van der Waals surface area contributed by atoms with Crippen molar-refractivity contribution in [3.8, 4) is 5.75 Å². The second-order valence-corrected chi connectivity index (χ2v) is 7.82. The number of aliphatic imine (C=N–C) groups is 1. The van der Waals surface area contributed by atoms with Gasteiger partial charge >= 0.3 is 0 Å². The molecule has 1 aliphatic heterocycles. The summed E-state index contributed by atoms with van der Waals surface area (Å²) in [5, 5.41) is 2.71. The first-order valence-electron chi connectivity index (χ1n) is 10.7. The summed E-state index contributed by atoms with van der Waals surface area (Å²) in [4.78, 5) is 43.7. The average molecular weight is 457 g/mol. The number of benzene rings is 3. The van der Waals surface area contributed by atoms with E-state index in [0.29, 0.717) is 28.3 Å². The van der Waals surface area contributed by atoms with E-state index in [9.17, 15) is 14.4 Å². The van der Waals surface area contributed by atoms with Crippen molar-refractivity contribution in [2.75, 3.05) is 11.9 Å². The number of nitrogens with two attached hydrogens (primary N) is 1. The number of primary amides is 1. The third-order valence-electron chi connectivity index (χ3n) is 5.49. The van der Waals surface area contributed by atoms with E-state index in [1.807, 2.05) is 30.3 Å². The third kappa shape index (κ3) is 4.66. The third-order valence-corrected chi connectivity index (χ3v) is 5.49. The summed E-state index contributed by atoms with van der Waals surface area (Å²) in [6, 6.07) is 22.9. The Balaban J connectivity index is 1.68. The van der Waals surface area contributed by atoms with E-state index in [4.69, 9.17) is 10.5 Å². The zero-order valence-corrected chi connectivity index (χ0v) is 18.8. The van der Waals surface area contributed by atoms with E-state index < -0.39 is 30.0 Å². The number of anilines is 1. The van der Waals surface area contributed by atoms with Crippen LogP contribution in [0.1, 0.15) is 28.4 Å². The molecule has 0 aliphatic carbocycles. The monoisotopic (exact) mass is 456 g/mol. The van der Waals surface area contributed by atoms with E-state index in [1.165, 1.54) is 4.90 Å². The van der Waals surface area contributed by atoms with Gasteiger partial charge in [0.1, 0.15) is 5.75 Å². The van der Waals surface area contributed by atoms with Crippen molar-refractivity contribution in [2.24, 2.45) is 10.7 Å². The minimum Gasteiger partial charge on any atom is -0.481 e. The molecule has 0 bridgehead atoms. The normalized spacial score (nSPS) is 16.1. The summed E-state index contributed by atoms with van der Waals surface area (Å²) in [5.74, 6) is -0.868. The molecule has 0 spiro atoms. The molecule has 3 aromatic carbocycles. The summed E-state index contributed by atoms with van der Waals surface area (Å²) >= 11 is 0. The van der Waals surface area contributed by atoms with Gasteiger partial charge < -0.3 is 20.7 Å². The Kier molecular flexibility index (Phi) is 6.40.